The predicted molar refractivity (Wildman–Crippen MR) is 91.1 cm³/mol. The van der Waals surface area contributed by atoms with E-state index < -0.39 is 0 Å². The maximum Gasteiger partial charge on any atom is 0.228 e. The fraction of sp³-hybridized carbons (Fsp3) is 0.111. The van der Waals surface area contributed by atoms with Crippen LogP contribution in [0.1, 0.15) is 10.6 Å². The van der Waals surface area contributed by atoms with Gasteiger partial charge in [0.25, 0.3) is 0 Å². The lowest BCUT2D eigenvalue weighted by atomic mass is 10.1. The van der Waals surface area contributed by atoms with Gasteiger partial charge in [-0.1, -0.05) is 48.5 Å². The highest BCUT2D eigenvalue weighted by Crippen LogP contribution is 2.28. The van der Waals surface area contributed by atoms with E-state index in [0.29, 0.717) is 6.42 Å². The third-order valence-electron chi connectivity index (χ3n) is 3.30. The summed E-state index contributed by atoms with van der Waals surface area (Å²) in [6, 6.07) is 17.5. The normalized spacial score (nSPS) is 10.4. The maximum atomic E-state index is 12.2. The Kier molecular flexibility index (Phi) is 4.30. The van der Waals surface area contributed by atoms with Crippen LogP contribution in [0.25, 0.3) is 11.3 Å². The number of benzene rings is 2. The van der Waals surface area contributed by atoms with Crippen LogP contribution in [0, 0.1) is 6.92 Å². The number of aryl methyl sites for hydroxylation is 1. The molecule has 3 nitrogen and oxygen atoms in total. The van der Waals surface area contributed by atoms with E-state index in [1.54, 1.807) is 11.3 Å². The van der Waals surface area contributed by atoms with Gasteiger partial charge in [-0.15, -0.1) is 11.3 Å². The van der Waals surface area contributed by atoms with Crippen LogP contribution in [-0.2, 0) is 11.2 Å². The zero-order valence-electron chi connectivity index (χ0n) is 12.2. The minimum Gasteiger partial charge on any atom is -0.325 e. The van der Waals surface area contributed by atoms with Gasteiger partial charge in [0.15, 0.2) is 0 Å². The number of amides is 1. The van der Waals surface area contributed by atoms with Crippen LogP contribution in [0.2, 0.25) is 0 Å². The van der Waals surface area contributed by atoms with Gasteiger partial charge in [-0.2, -0.15) is 0 Å². The predicted octanol–water partition coefficient (Wildman–Crippen LogP) is 4.30. The molecule has 1 N–H and O–H groups in total. The molecule has 2 aromatic carbocycles. The zero-order valence-corrected chi connectivity index (χ0v) is 13.1. The smallest absolute Gasteiger partial charge is 0.228 e. The average molecular weight is 308 g/mol. The zero-order chi connectivity index (χ0) is 15.4. The maximum absolute atomic E-state index is 12.2. The molecule has 0 radical (unpaired) electrons. The fourth-order valence-electron chi connectivity index (χ4n) is 2.28. The third-order valence-corrected chi connectivity index (χ3v) is 4.08. The Bertz CT molecular complexity index is 781. The molecule has 1 aromatic heterocycles. The molecule has 4 heteroatoms. The number of carbonyl (C=O) groups is 1. The van der Waals surface area contributed by atoms with Crippen LogP contribution in [-0.4, -0.2) is 10.9 Å². The molecule has 1 amide bonds. The second-order valence-corrected chi connectivity index (χ2v) is 6.07. The monoisotopic (exact) mass is 308 g/mol. The number of rotatable bonds is 4. The molecule has 110 valence electrons. The van der Waals surface area contributed by atoms with Crippen molar-refractivity contribution in [1.82, 2.24) is 4.98 Å². The van der Waals surface area contributed by atoms with Crippen LogP contribution in [0.4, 0.5) is 5.69 Å². The van der Waals surface area contributed by atoms with Crippen molar-refractivity contribution in [3.05, 3.63) is 70.5 Å². The minimum absolute atomic E-state index is 0.0226. The Morgan fingerprint density at radius 2 is 1.82 bits per heavy atom. The lowest BCUT2D eigenvalue weighted by Gasteiger charge is -2.09. The summed E-state index contributed by atoms with van der Waals surface area (Å²) < 4.78 is 0. The van der Waals surface area contributed by atoms with Crippen molar-refractivity contribution in [2.45, 2.75) is 13.3 Å². The van der Waals surface area contributed by atoms with Crippen LogP contribution < -0.4 is 5.32 Å². The molecular weight excluding hydrogens is 292 g/mol. The molecule has 0 saturated carbocycles. The van der Waals surface area contributed by atoms with Crippen LogP contribution in [0.3, 0.4) is 0 Å². The number of nitrogens with zero attached hydrogens (tertiary/aromatic N) is 1. The van der Waals surface area contributed by atoms with Gasteiger partial charge in [0.1, 0.15) is 0 Å². The third kappa shape index (κ3) is 3.40. The number of carbonyl (C=O) groups excluding carboxylic acids is 1. The first-order valence-corrected chi connectivity index (χ1v) is 7.95. The molecule has 0 fully saturated rings. The number of para-hydroxylation sites is 1. The van der Waals surface area contributed by atoms with Gasteiger partial charge in [0, 0.05) is 10.9 Å². The van der Waals surface area contributed by atoms with Crippen molar-refractivity contribution in [3.63, 3.8) is 0 Å². The molecular formula is C18H16N2OS. The first-order chi connectivity index (χ1) is 10.7. The Balaban J connectivity index is 1.79. The van der Waals surface area contributed by atoms with Gasteiger partial charge >= 0.3 is 0 Å². The first-order valence-electron chi connectivity index (χ1n) is 7.07. The van der Waals surface area contributed by atoms with E-state index >= 15 is 0 Å². The molecule has 0 saturated heterocycles. The highest BCUT2D eigenvalue weighted by molar-refractivity contribution is 7.09. The van der Waals surface area contributed by atoms with E-state index in [1.165, 1.54) is 0 Å². The topological polar surface area (TPSA) is 42.0 Å². The molecule has 3 rings (SSSR count). The van der Waals surface area contributed by atoms with E-state index in [-0.39, 0.29) is 5.91 Å². The van der Waals surface area contributed by atoms with Gasteiger partial charge in [0.05, 0.1) is 22.8 Å². The Hall–Kier alpha value is -2.46. The standard InChI is InChI=1S/C18H16N2OS/c1-13-19-17(12-22-13)15-9-5-6-10-16(15)20-18(21)11-14-7-3-2-4-8-14/h2-10,12H,11H2,1H3,(H,20,21). The summed E-state index contributed by atoms with van der Waals surface area (Å²) >= 11 is 1.61. The number of thiazole rings is 1. The van der Waals surface area contributed by atoms with E-state index in [4.69, 9.17) is 0 Å². The Morgan fingerprint density at radius 1 is 1.09 bits per heavy atom. The highest BCUT2D eigenvalue weighted by atomic mass is 32.1. The minimum atomic E-state index is -0.0226. The molecule has 3 aromatic rings. The molecule has 0 aliphatic carbocycles. The lowest BCUT2D eigenvalue weighted by Crippen LogP contribution is -2.14. The van der Waals surface area contributed by atoms with Crippen molar-refractivity contribution in [3.8, 4) is 11.3 Å². The van der Waals surface area contributed by atoms with E-state index in [0.717, 1.165) is 27.5 Å². The fourth-order valence-corrected chi connectivity index (χ4v) is 2.89. The van der Waals surface area contributed by atoms with Crippen LogP contribution in [0.5, 0.6) is 0 Å². The summed E-state index contributed by atoms with van der Waals surface area (Å²) in [4.78, 5) is 16.7. The SMILES string of the molecule is Cc1nc(-c2ccccc2NC(=O)Cc2ccccc2)cs1. The van der Waals surface area contributed by atoms with E-state index in [9.17, 15) is 4.79 Å². The molecule has 22 heavy (non-hydrogen) atoms. The molecule has 0 bridgehead atoms. The van der Waals surface area contributed by atoms with Crippen molar-refractivity contribution >= 4 is 22.9 Å². The number of aromatic nitrogens is 1. The molecule has 0 aliphatic rings. The van der Waals surface area contributed by atoms with E-state index in [2.05, 4.69) is 10.3 Å². The summed E-state index contributed by atoms with van der Waals surface area (Å²) in [5.41, 5.74) is 3.65. The highest BCUT2D eigenvalue weighted by Gasteiger charge is 2.10. The summed E-state index contributed by atoms with van der Waals surface area (Å²) in [6.07, 6.45) is 0.366. The Morgan fingerprint density at radius 3 is 2.55 bits per heavy atom. The molecule has 0 unspecified atom stereocenters. The Labute approximate surface area is 133 Å². The summed E-state index contributed by atoms with van der Waals surface area (Å²) in [5, 5.41) is 6.02. The first kappa shape index (κ1) is 14.5. The van der Waals surface area contributed by atoms with Gasteiger partial charge in [0.2, 0.25) is 5.91 Å². The quantitative estimate of drug-likeness (QED) is 0.781. The lowest BCUT2D eigenvalue weighted by molar-refractivity contribution is -0.115. The van der Waals surface area contributed by atoms with Crippen molar-refractivity contribution in [1.29, 1.82) is 0 Å². The van der Waals surface area contributed by atoms with Crippen molar-refractivity contribution in [2.24, 2.45) is 0 Å². The second kappa shape index (κ2) is 6.54. The second-order valence-electron chi connectivity index (χ2n) is 5.01. The van der Waals surface area contributed by atoms with E-state index in [1.807, 2.05) is 66.9 Å². The average Bonchev–Trinajstić information content (AvgIpc) is 2.95. The molecule has 1 heterocycles. The summed E-state index contributed by atoms with van der Waals surface area (Å²) in [7, 11) is 0. The van der Waals surface area contributed by atoms with Gasteiger partial charge < -0.3 is 5.32 Å². The largest absolute Gasteiger partial charge is 0.325 e. The van der Waals surface area contributed by atoms with Gasteiger partial charge in [-0.25, -0.2) is 4.98 Å². The summed E-state index contributed by atoms with van der Waals surface area (Å²) in [6.45, 7) is 1.98. The molecule has 0 spiro atoms. The van der Waals surface area contributed by atoms with Gasteiger partial charge in [-0.05, 0) is 18.6 Å². The number of hydrogen-bond acceptors (Lipinski definition) is 3. The number of anilines is 1. The van der Waals surface area contributed by atoms with Crippen LogP contribution >= 0.6 is 11.3 Å². The molecule has 0 aliphatic heterocycles. The summed E-state index contributed by atoms with van der Waals surface area (Å²) in [5.74, 6) is -0.0226. The van der Waals surface area contributed by atoms with Crippen molar-refractivity contribution in [2.75, 3.05) is 5.32 Å². The van der Waals surface area contributed by atoms with Crippen LogP contribution in [0.15, 0.2) is 60.0 Å². The van der Waals surface area contributed by atoms with Crippen molar-refractivity contribution < 1.29 is 4.79 Å². The number of nitrogens with one attached hydrogen (secondary N) is 1. The molecule has 0 atom stereocenters. The van der Waals surface area contributed by atoms with Gasteiger partial charge in [-0.3, -0.25) is 4.79 Å². The number of hydrogen-bond donors (Lipinski definition) is 1.